The highest BCUT2D eigenvalue weighted by Crippen LogP contribution is 2.31. The van der Waals surface area contributed by atoms with Gasteiger partial charge >= 0.3 is 5.97 Å². The van der Waals surface area contributed by atoms with Crippen LogP contribution in [0.2, 0.25) is 5.02 Å². The maximum absolute atomic E-state index is 11.3. The highest BCUT2D eigenvalue weighted by atomic mass is 35.5. The van der Waals surface area contributed by atoms with Crippen molar-refractivity contribution in [3.63, 3.8) is 0 Å². The van der Waals surface area contributed by atoms with E-state index in [0.29, 0.717) is 16.5 Å². The molecule has 0 aliphatic carbocycles. The molecule has 2 heterocycles. The quantitative estimate of drug-likeness (QED) is 0.365. The Kier molecular flexibility index (Phi) is 6.84. The van der Waals surface area contributed by atoms with Crippen molar-refractivity contribution in [2.75, 3.05) is 18.0 Å². The van der Waals surface area contributed by atoms with Crippen molar-refractivity contribution in [1.82, 2.24) is 19.7 Å². The first-order valence-corrected chi connectivity index (χ1v) is 11.8. The van der Waals surface area contributed by atoms with E-state index < -0.39 is 5.97 Å². The number of carboxylic acid groups (broad SMARTS) is 1. The summed E-state index contributed by atoms with van der Waals surface area (Å²) in [7, 11) is 0. The van der Waals surface area contributed by atoms with Crippen molar-refractivity contribution in [2.45, 2.75) is 40.5 Å². The summed E-state index contributed by atoms with van der Waals surface area (Å²) in [6, 6.07) is 10.3. The van der Waals surface area contributed by atoms with Crippen LogP contribution in [0.25, 0.3) is 16.9 Å². The van der Waals surface area contributed by atoms with Gasteiger partial charge in [0.2, 0.25) is 0 Å². The molecule has 0 unspecified atom stereocenters. The fourth-order valence-corrected chi connectivity index (χ4v) is 4.52. The largest absolute Gasteiger partial charge is 0.478 e. The van der Waals surface area contributed by atoms with E-state index in [-0.39, 0.29) is 5.56 Å². The third-order valence-corrected chi connectivity index (χ3v) is 6.57. The smallest absolute Gasteiger partial charge is 0.338 e. The molecule has 0 aliphatic rings. The lowest BCUT2D eigenvalue weighted by molar-refractivity contribution is 0.0697. The normalized spacial score (nSPS) is 11.2. The minimum Gasteiger partial charge on any atom is -0.478 e. The lowest BCUT2D eigenvalue weighted by Crippen LogP contribution is -2.24. The van der Waals surface area contributed by atoms with Crippen LogP contribution in [0.15, 0.2) is 42.7 Å². The van der Waals surface area contributed by atoms with Gasteiger partial charge < -0.3 is 10.0 Å². The lowest BCUT2D eigenvalue weighted by atomic mass is 9.96. The van der Waals surface area contributed by atoms with Crippen LogP contribution in [0.3, 0.4) is 0 Å². The molecular weight excluding hydrogens is 450 g/mol. The molecule has 0 spiro atoms. The molecule has 0 radical (unpaired) electrons. The summed E-state index contributed by atoms with van der Waals surface area (Å²) in [5.74, 6) is 0.0381. The van der Waals surface area contributed by atoms with Gasteiger partial charge in [0, 0.05) is 29.7 Å². The predicted molar refractivity (Wildman–Crippen MR) is 136 cm³/mol. The number of nitrogens with zero attached hydrogens (tertiary/aromatic N) is 5. The van der Waals surface area contributed by atoms with E-state index in [4.69, 9.17) is 16.6 Å². The van der Waals surface area contributed by atoms with Gasteiger partial charge in [-0.15, -0.1) is 0 Å². The van der Waals surface area contributed by atoms with Crippen LogP contribution in [-0.2, 0) is 12.8 Å². The molecule has 8 heteroatoms. The number of rotatable bonds is 8. The molecule has 0 atom stereocenters. The fourth-order valence-electron chi connectivity index (χ4n) is 4.27. The van der Waals surface area contributed by atoms with E-state index in [9.17, 15) is 9.90 Å². The van der Waals surface area contributed by atoms with Crippen LogP contribution < -0.4 is 4.90 Å². The third-order valence-electron chi connectivity index (χ3n) is 6.22. The molecule has 0 bridgehead atoms. The number of hydrogen-bond acceptors (Lipinski definition) is 5. The van der Waals surface area contributed by atoms with E-state index in [2.05, 4.69) is 66.9 Å². The first kappa shape index (κ1) is 23.7. The maximum atomic E-state index is 11.3. The Hall–Kier alpha value is -3.45. The average molecular weight is 478 g/mol. The maximum Gasteiger partial charge on any atom is 0.338 e. The second-order valence-corrected chi connectivity index (χ2v) is 8.74. The zero-order valence-electron chi connectivity index (χ0n) is 19.8. The average Bonchev–Trinajstić information content (AvgIpc) is 3.30. The lowest BCUT2D eigenvalue weighted by Gasteiger charge is -2.22. The van der Waals surface area contributed by atoms with Crippen LogP contribution in [0.4, 0.5) is 5.82 Å². The van der Waals surface area contributed by atoms with Crippen molar-refractivity contribution in [1.29, 1.82) is 0 Å². The molecule has 0 saturated carbocycles. The number of anilines is 1. The van der Waals surface area contributed by atoms with Gasteiger partial charge in [0.05, 0.1) is 17.3 Å². The van der Waals surface area contributed by atoms with Crippen molar-refractivity contribution in [2.24, 2.45) is 0 Å². The van der Waals surface area contributed by atoms with Gasteiger partial charge in [0.15, 0.2) is 0 Å². The summed E-state index contributed by atoms with van der Waals surface area (Å²) in [5.41, 5.74) is 5.74. The van der Waals surface area contributed by atoms with Gasteiger partial charge in [-0.3, -0.25) is 0 Å². The van der Waals surface area contributed by atoms with Crippen molar-refractivity contribution >= 4 is 34.3 Å². The molecule has 4 aromatic rings. The van der Waals surface area contributed by atoms with Crippen molar-refractivity contribution in [3.8, 4) is 5.95 Å². The molecule has 1 N–H and O–H groups in total. The molecule has 7 nitrogen and oxygen atoms in total. The van der Waals surface area contributed by atoms with Gasteiger partial charge in [-0.1, -0.05) is 29.8 Å². The molecule has 2 aromatic carbocycles. The summed E-state index contributed by atoms with van der Waals surface area (Å²) in [5, 5.41) is 15.0. The Balaban J connectivity index is 1.80. The van der Waals surface area contributed by atoms with Crippen LogP contribution in [0.1, 0.15) is 46.5 Å². The third kappa shape index (κ3) is 4.61. The summed E-state index contributed by atoms with van der Waals surface area (Å²) in [6.45, 7) is 9.97. The zero-order chi connectivity index (χ0) is 24.4. The van der Waals surface area contributed by atoms with Gasteiger partial charge in [0.25, 0.3) is 5.95 Å². The minimum absolute atomic E-state index is 0.0768. The van der Waals surface area contributed by atoms with E-state index in [1.54, 1.807) is 0 Å². The zero-order valence-corrected chi connectivity index (χ0v) is 20.6. The number of aromatic carboxylic acids is 1. The Morgan fingerprint density at radius 3 is 2.41 bits per heavy atom. The van der Waals surface area contributed by atoms with Gasteiger partial charge in [0.1, 0.15) is 5.82 Å². The summed E-state index contributed by atoms with van der Waals surface area (Å²) >= 11 is 6.72. The van der Waals surface area contributed by atoms with Crippen molar-refractivity contribution in [3.05, 3.63) is 75.6 Å². The first-order chi connectivity index (χ1) is 16.3. The van der Waals surface area contributed by atoms with Crippen LogP contribution >= 0.6 is 11.6 Å². The van der Waals surface area contributed by atoms with E-state index in [1.807, 2.05) is 6.07 Å². The molecular formula is C26H28ClN5O2. The van der Waals surface area contributed by atoms with E-state index >= 15 is 0 Å². The number of aryl methyl sites for hydroxylation is 3. The number of aromatic nitrogens is 4. The number of halogens is 1. The Morgan fingerprint density at radius 1 is 1.09 bits per heavy atom. The van der Waals surface area contributed by atoms with E-state index in [1.165, 1.54) is 33.8 Å². The highest BCUT2D eigenvalue weighted by Gasteiger charge is 2.18. The molecule has 176 valence electrons. The molecule has 0 saturated heterocycles. The predicted octanol–water partition coefficient (Wildman–Crippen LogP) is 5.42. The van der Waals surface area contributed by atoms with Gasteiger partial charge in [-0.25, -0.2) is 14.5 Å². The second-order valence-electron chi connectivity index (χ2n) is 8.33. The topological polar surface area (TPSA) is 84.1 Å². The molecule has 34 heavy (non-hydrogen) atoms. The Labute approximate surface area is 204 Å². The summed E-state index contributed by atoms with van der Waals surface area (Å²) in [6.07, 6.45) is 4.40. The fraction of sp³-hybridized carbons (Fsp3) is 0.308. The second kappa shape index (κ2) is 9.81. The molecule has 0 aliphatic heterocycles. The number of fused-ring (bicyclic) bond motifs is 1. The van der Waals surface area contributed by atoms with Crippen molar-refractivity contribution < 1.29 is 9.90 Å². The molecule has 0 amide bonds. The number of hydrogen-bond donors (Lipinski definition) is 1. The molecule has 0 fully saturated rings. The molecule has 4 rings (SSSR count). The SMILES string of the molecule is CCN(CC)c1nc(-n2cc(C(=O)O)cn2)nc2cc(Cl)c(CCc3c(C)cccc3C)cc12. The Morgan fingerprint density at radius 2 is 1.79 bits per heavy atom. The first-order valence-electron chi connectivity index (χ1n) is 11.4. The van der Waals surface area contributed by atoms with Gasteiger partial charge in [-0.2, -0.15) is 10.1 Å². The van der Waals surface area contributed by atoms with Crippen LogP contribution in [0.5, 0.6) is 0 Å². The standard InChI is InChI=1S/C26H28ClN5O2/c1-5-31(6-2)24-21-12-18(10-11-20-16(3)8-7-9-17(20)4)22(27)13-23(21)29-26(30-24)32-15-19(14-28-32)25(33)34/h7-9,12-15H,5-6,10-11H2,1-4H3,(H,33,34). The number of carbonyl (C=O) groups is 1. The van der Waals surface area contributed by atoms with Gasteiger partial charge in [-0.05, 0) is 74.9 Å². The summed E-state index contributed by atoms with van der Waals surface area (Å²) < 4.78 is 1.39. The number of benzene rings is 2. The molecule has 2 aromatic heterocycles. The Bertz CT molecular complexity index is 1340. The minimum atomic E-state index is -1.05. The monoisotopic (exact) mass is 477 g/mol. The highest BCUT2D eigenvalue weighted by molar-refractivity contribution is 6.32. The van der Waals surface area contributed by atoms with E-state index in [0.717, 1.165) is 42.7 Å². The number of carboxylic acids is 1. The van der Waals surface area contributed by atoms with Crippen LogP contribution in [0, 0.1) is 13.8 Å². The summed E-state index contributed by atoms with van der Waals surface area (Å²) in [4.78, 5) is 22.9. The van der Waals surface area contributed by atoms with Crippen LogP contribution in [-0.4, -0.2) is 43.9 Å².